The Labute approximate surface area is 181 Å². The second kappa shape index (κ2) is 10.3. The van der Waals surface area contributed by atoms with Crippen LogP contribution in [0, 0.1) is 0 Å². The van der Waals surface area contributed by atoms with Crippen LogP contribution in [0.1, 0.15) is 44.4 Å². The van der Waals surface area contributed by atoms with Crippen molar-refractivity contribution < 1.29 is 37.3 Å². The van der Waals surface area contributed by atoms with Gasteiger partial charge in [-0.05, 0) is 32.6 Å². The lowest BCUT2D eigenvalue weighted by Crippen LogP contribution is -2.32. The van der Waals surface area contributed by atoms with Crippen LogP contribution in [-0.2, 0) is 14.3 Å². The molecular weight excluding hydrogens is 437 g/mol. The third-order valence-electron chi connectivity index (χ3n) is 4.51. The van der Waals surface area contributed by atoms with Gasteiger partial charge in [0.25, 0.3) is 5.91 Å². The fraction of sp³-hybridized carbons (Fsp3) is 0.556. The number of nitrogens with two attached hydrogens (primary N) is 1. The number of carbonyl (C=O) groups is 2. The molecule has 2 heterocycles. The molecule has 1 saturated carbocycles. The quantitative estimate of drug-likeness (QED) is 0.320. The molecule has 1 aromatic rings. The number of nitrogens with one attached hydrogen (secondary N) is 3. The normalized spacial score (nSPS) is 20.1. The van der Waals surface area contributed by atoms with Crippen LogP contribution >= 0.6 is 0 Å². The number of alkyl halides is 3. The van der Waals surface area contributed by atoms with Crippen molar-refractivity contribution in [2.24, 2.45) is 10.7 Å². The maximum absolute atomic E-state index is 12.0. The number of hydrogen-bond donors (Lipinski definition) is 5. The number of amides is 2. The molecule has 2 fully saturated rings. The minimum absolute atomic E-state index is 0.0775. The van der Waals surface area contributed by atoms with Gasteiger partial charge in [0.2, 0.25) is 0 Å². The van der Waals surface area contributed by atoms with Crippen molar-refractivity contribution >= 4 is 23.5 Å². The van der Waals surface area contributed by atoms with Crippen molar-refractivity contribution in [3.63, 3.8) is 0 Å². The van der Waals surface area contributed by atoms with Crippen LogP contribution in [0.15, 0.2) is 23.0 Å². The van der Waals surface area contributed by atoms with Crippen molar-refractivity contribution in [2.75, 3.05) is 19.0 Å². The number of nitrogens with zero attached hydrogens (tertiary/aromatic N) is 2. The Balaban J connectivity index is 0.000000380. The van der Waals surface area contributed by atoms with E-state index in [-0.39, 0.29) is 23.2 Å². The first-order chi connectivity index (χ1) is 14.9. The molecule has 3 rings (SSSR count). The first-order valence-corrected chi connectivity index (χ1v) is 9.60. The Hall–Kier alpha value is -3.29. The van der Waals surface area contributed by atoms with E-state index in [1.807, 2.05) is 6.92 Å². The molecular formula is C18H25F3N6O5. The number of aromatic nitrogens is 2. The van der Waals surface area contributed by atoms with Crippen LogP contribution in [0.3, 0.4) is 0 Å². The fourth-order valence-electron chi connectivity index (χ4n) is 2.67. The van der Waals surface area contributed by atoms with Crippen LogP contribution in [0.4, 0.5) is 23.8 Å². The highest BCUT2D eigenvalue weighted by molar-refractivity contribution is 6.47. The van der Waals surface area contributed by atoms with Crippen molar-refractivity contribution in [1.82, 2.24) is 15.5 Å². The second-order valence-electron chi connectivity index (χ2n) is 7.36. The van der Waals surface area contributed by atoms with Gasteiger partial charge in [-0.15, -0.1) is 13.2 Å². The third kappa shape index (κ3) is 8.45. The molecule has 178 valence electrons. The minimum atomic E-state index is -4.95. The van der Waals surface area contributed by atoms with Gasteiger partial charge in [-0.1, -0.05) is 0 Å². The average Bonchev–Trinajstić information content (AvgIpc) is 3.08. The van der Waals surface area contributed by atoms with Gasteiger partial charge in [-0.3, -0.25) is 14.9 Å². The van der Waals surface area contributed by atoms with Crippen LogP contribution in [0.5, 0.6) is 0 Å². The molecule has 1 atom stereocenters. The molecule has 1 aliphatic heterocycles. The molecule has 1 aliphatic carbocycles. The molecule has 32 heavy (non-hydrogen) atoms. The predicted octanol–water partition coefficient (Wildman–Crippen LogP) is 2.41. The van der Waals surface area contributed by atoms with Crippen LogP contribution < -0.4 is 16.4 Å². The highest BCUT2D eigenvalue weighted by Crippen LogP contribution is 2.33. The van der Waals surface area contributed by atoms with Crippen molar-refractivity contribution in [3.8, 4) is 0 Å². The van der Waals surface area contributed by atoms with Crippen molar-refractivity contribution in [1.29, 1.82) is 0 Å². The van der Waals surface area contributed by atoms with Crippen LogP contribution in [0.25, 0.3) is 0 Å². The highest BCUT2D eigenvalue weighted by atomic mass is 19.4. The lowest BCUT2D eigenvalue weighted by atomic mass is 10.2. The summed E-state index contributed by atoms with van der Waals surface area (Å²) in [6.07, 6.45) is -1.56. The number of carbonyl (C=O) groups excluding carboxylic acids is 1. The SMILES string of the molecule is CC1(NC(=O)O)CC1.CN=C(/C=C(\N)OC(F)(F)F)C(=O)Nc1cc([C@H]2CCCO2)[nH]n1. The summed E-state index contributed by atoms with van der Waals surface area (Å²) in [6.45, 7) is 2.56. The summed E-state index contributed by atoms with van der Waals surface area (Å²) in [5.74, 6) is -1.59. The van der Waals surface area contributed by atoms with Gasteiger partial charge in [-0.25, -0.2) is 4.79 Å². The van der Waals surface area contributed by atoms with Crippen molar-refractivity contribution in [3.05, 3.63) is 23.7 Å². The number of rotatable bonds is 6. The van der Waals surface area contributed by atoms with E-state index in [1.165, 1.54) is 7.05 Å². The first kappa shape index (κ1) is 25.0. The molecule has 14 heteroatoms. The van der Waals surface area contributed by atoms with Gasteiger partial charge in [0.15, 0.2) is 11.7 Å². The highest BCUT2D eigenvalue weighted by Gasteiger charge is 2.38. The Bertz CT molecular complexity index is 873. The average molecular weight is 462 g/mol. The Morgan fingerprint density at radius 2 is 2.16 bits per heavy atom. The summed E-state index contributed by atoms with van der Waals surface area (Å²) >= 11 is 0. The summed E-state index contributed by atoms with van der Waals surface area (Å²) in [4.78, 5) is 25.5. The fourth-order valence-corrected chi connectivity index (χ4v) is 2.67. The van der Waals surface area contributed by atoms with Gasteiger partial charge in [0, 0.05) is 31.3 Å². The minimum Gasteiger partial charge on any atom is -0.465 e. The standard InChI is InChI=1S/C13H16F3N5O3.C5H9NO2/c1-18-8(5-10(17)24-13(14,15)16)12(22)19-11-6-7(20-21-11)9-3-2-4-23-9;1-5(2-3-5)6-4(7)8/h5-6,9H,2-4,17H2,1H3,(H2,19,20,21,22);6H,2-3H2,1H3,(H,7,8)/b10-5+,18-8?;/t9-;/m1./s1. The molecule has 0 unspecified atom stereocenters. The molecule has 1 saturated heterocycles. The summed E-state index contributed by atoms with van der Waals surface area (Å²) in [5, 5.41) is 19.6. The molecule has 2 aliphatic rings. The van der Waals surface area contributed by atoms with E-state index in [0.717, 1.165) is 25.7 Å². The molecule has 0 spiro atoms. The van der Waals surface area contributed by atoms with E-state index in [1.54, 1.807) is 6.07 Å². The van der Waals surface area contributed by atoms with Crippen LogP contribution in [-0.4, -0.2) is 58.6 Å². The van der Waals surface area contributed by atoms with Crippen LogP contribution in [0.2, 0.25) is 0 Å². The van der Waals surface area contributed by atoms with E-state index in [0.29, 0.717) is 18.4 Å². The monoisotopic (exact) mass is 462 g/mol. The van der Waals surface area contributed by atoms with E-state index < -0.39 is 24.2 Å². The van der Waals surface area contributed by atoms with E-state index in [4.69, 9.17) is 15.6 Å². The zero-order valence-corrected chi connectivity index (χ0v) is 17.5. The smallest absolute Gasteiger partial charge is 0.465 e. The second-order valence-corrected chi connectivity index (χ2v) is 7.36. The van der Waals surface area contributed by atoms with E-state index >= 15 is 0 Å². The summed E-state index contributed by atoms with van der Waals surface area (Å²) in [6, 6.07) is 1.58. The number of aromatic amines is 1. The topological polar surface area (TPSA) is 164 Å². The molecule has 6 N–H and O–H groups in total. The van der Waals surface area contributed by atoms with Gasteiger partial charge >= 0.3 is 12.5 Å². The molecule has 0 radical (unpaired) electrons. The largest absolute Gasteiger partial charge is 0.574 e. The molecule has 0 aromatic carbocycles. The lowest BCUT2D eigenvalue weighted by molar-refractivity contribution is -0.305. The number of H-pyrrole nitrogens is 1. The number of carboxylic acid groups (broad SMARTS) is 1. The summed E-state index contributed by atoms with van der Waals surface area (Å²) < 4.78 is 45.1. The summed E-state index contributed by atoms with van der Waals surface area (Å²) in [7, 11) is 1.23. The first-order valence-electron chi connectivity index (χ1n) is 9.60. The number of aliphatic imine (C=N–C) groups is 1. The van der Waals surface area contributed by atoms with Gasteiger partial charge < -0.3 is 30.9 Å². The predicted molar refractivity (Wildman–Crippen MR) is 107 cm³/mol. The van der Waals surface area contributed by atoms with Gasteiger partial charge in [-0.2, -0.15) is 5.10 Å². The Morgan fingerprint density at radius 1 is 1.47 bits per heavy atom. The zero-order valence-electron chi connectivity index (χ0n) is 17.5. The Morgan fingerprint density at radius 3 is 2.62 bits per heavy atom. The van der Waals surface area contributed by atoms with Gasteiger partial charge in [0.05, 0.1) is 11.8 Å². The van der Waals surface area contributed by atoms with E-state index in [9.17, 15) is 22.8 Å². The number of ether oxygens (including phenoxy) is 2. The van der Waals surface area contributed by atoms with E-state index in [2.05, 4.69) is 30.6 Å². The number of halogens is 3. The zero-order chi connectivity index (χ0) is 23.9. The Kier molecular flexibility index (Phi) is 8.08. The third-order valence-corrected chi connectivity index (χ3v) is 4.51. The molecule has 11 nitrogen and oxygen atoms in total. The van der Waals surface area contributed by atoms with Gasteiger partial charge in [0.1, 0.15) is 5.71 Å². The molecule has 1 aromatic heterocycles. The lowest BCUT2D eigenvalue weighted by Gasteiger charge is -2.08. The summed E-state index contributed by atoms with van der Waals surface area (Å²) in [5.41, 5.74) is 5.35. The maximum atomic E-state index is 12.0. The molecule has 0 bridgehead atoms. The number of hydrogen-bond acceptors (Lipinski definition) is 7. The van der Waals surface area contributed by atoms with Crippen molar-refractivity contribution in [2.45, 2.75) is 50.6 Å². The maximum Gasteiger partial charge on any atom is 0.574 e. The molecule has 2 amide bonds. The number of anilines is 1.